The minimum atomic E-state index is -1.41. The smallest absolute Gasteiger partial charge is 0.312 e. The molecule has 2 unspecified atom stereocenters. The van der Waals surface area contributed by atoms with Gasteiger partial charge in [0.15, 0.2) is 5.69 Å². The first-order valence-electron chi connectivity index (χ1n) is 11.4. The van der Waals surface area contributed by atoms with Gasteiger partial charge in [-0.2, -0.15) is 15.4 Å². The lowest BCUT2D eigenvalue weighted by atomic mass is 9.82. The van der Waals surface area contributed by atoms with Gasteiger partial charge in [0.25, 0.3) is 5.91 Å². The van der Waals surface area contributed by atoms with Crippen LogP contribution in [0.1, 0.15) is 43.2 Å². The van der Waals surface area contributed by atoms with Crippen LogP contribution in [-0.4, -0.2) is 51.0 Å². The monoisotopic (exact) mass is 478 g/mol. The van der Waals surface area contributed by atoms with Gasteiger partial charge in [-0.05, 0) is 36.5 Å². The van der Waals surface area contributed by atoms with Crippen molar-refractivity contribution in [3.05, 3.63) is 72.1 Å². The second kappa shape index (κ2) is 11.4. The summed E-state index contributed by atoms with van der Waals surface area (Å²) in [4.78, 5) is 36.8. The quantitative estimate of drug-likeness (QED) is 0.359. The van der Waals surface area contributed by atoms with Gasteiger partial charge in [-0.1, -0.05) is 68.4 Å². The van der Waals surface area contributed by atoms with Crippen molar-refractivity contribution in [1.82, 2.24) is 20.7 Å². The zero-order chi connectivity index (χ0) is 25.4. The van der Waals surface area contributed by atoms with Gasteiger partial charge in [0, 0.05) is 6.04 Å². The normalized spacial score (nSPS) is 13.6. The number of carbonyl (C=O) groups excluding carboxylic acids is 2. The number of carbonyl (C=O) groups is 3. The van der Waals surface area contributed by atoms with E-state index < -0.39 is 29.3 Å². The summed E-state index contributed by atoms with van der Waals surface area (Å²) < 4.78 is 5.26. The van der Waals surface area contributed by atoms with Gasteiger partial charge in [0.1, 0.15) is 12.0 Å². The third kappa shape index (κ3) is 6.99. The molecule has 2 atom stereocenters. The van der Waals surface area contributed by atoms with E-state index in [0.717, 1.165) is 16.7 Å². The fourth-order valence-electron chi connectivity index (χ4n) is 3.64. The molecule has 0 radical (unpaired) electrons. The maximum absolute atomic E-state index is 12.7. The van der Waals surface area contributed by atoms with Gasteiger partial charge in [-0.15, -0.1) is 0 Å². The first-order chi connectivity index (χ1) is 16.7. The van der Waals surface area contributed by atoms with E-state index in [1.807, 2.05) is 54.6 Å². The van der Waals surface area contributed by atoms with E-state index in [1.54, 1.807) is 13.8 Å². The first-order valence-corrected chi connectivity index (χ1v) is 11.4. The molecule has 0 aliphatic carbocycles. The number of ether oxygens (including phenoxy) is 1. The van der Waals surface area contributed by atoms with Crippen LogP contribution in [0.3, 0.4) is 0 Å². The average molecular weight is 479 g/mol. The summed E-state index contributed by atoms with van der Waals surface area (Å²) >= 11 is 0. The van der Waals surface area contributed by atoms with Crippen molar-refractivity contribution < 1.29 is 24.2 Å². The molecule has 3 rings (SSSR count). The lowest BCUT2D eigenvalue weighted by molar-refractivity contribution is -0.160. The molecule has 2 aromatic carbocycles. The zero-order valence-electron chi connectivity index (χ0n) is 20.0. The van der Waals surface area contributed by atoms with Gasteiger partial charge in [-0.3, -0.25) is 14.4 Å². The number of aromatic amines is 1. The Hall–Kier alpha value is -4.01. The Morgan fingerprint density at radius 3 is 2.29 bits per heavy atom. The highest BCUT2D eigenvalue weighted by atomic mass is 16.5. The van der Waals surface area contributed by atoms with Crippen LogP contribution in [0.15, 0.2) is 60.8 Å². The molecule has 1 aromatic heterocycles. The topological polar surface area (TPSA) is 134 Å². The van der Waals surface area contributed by atoms with E-state index in [4.69, 9.17) is 4.74 Å². The minimum absolute atomic E-state index is 0.0394. The van der Waals surface area contributed by atoms with Crippen LogP contribution in [0, 0.1) is 11.3 Å². The molecule has 3 N–H and O–H groups in total. The predicted molar refractivity (Wildman–Crippen MR) is 129 cm³/mol. The molecule has 35 heavy (non-hydrogen) atoms. The van der Waals surface area contributed by atoms with Crippen molar-refractivity contribution in [2.45, 2.75) is 39.7 Å². The number of aromatic nitrogens is 3. The Bertz CT molecular complexity index is 1130. The third-order valence-electron chi connectivity index (χ3n) is 5.74. The van der Waals surface area contributed by atoms with Crippen molar-refractivity contribution in [3.63, 3.8) is 0 Å². The molecule has 0 fully saturated rings. The summed E-state index contributed by atoms with van der Waals surface area (Å²) in [6.45, 7) is 4.57. The summed E-state index contributed by atoms with van der Waals surface area (Å²) in [5.74, 6) is -2.44. The number of H-pyrrole nitrogens is 1. The van der Waals surface area contributed by atoms with Crippen molar-refractivity contribution in [2.24, 2.45) is 11.3 Å². The molecular weight excluding hydrogens is 448 g/mol. The van der Waals surface area contributed by atoms with Crippen molar-refractivity contribution in [3.8, 4) is 11.1 Å². The summed E-state index contributed by atoms with van der Waals surface area (Å²) in [7, 11) is 0. The maximum atomic E-state index is 12.7. The Labute approximate surface area is 203 Å². The number of hydrogen-bond donors (Lipinski definition) is 3. The molecular formula is C26H30N4O5. The van der Waals surface area contributed by atoms with E-state index in [0.29, 0.717) is 6.42 Å². The number of esters is 1. The largest absolute Gasteiger partial charge is 0.481 e. The van der Waals surface area contributed by atoms with E-state index in [9.17, 15) is 19.5 Å². The lowest BCUT2D eigenvalue weighted by Crippen LogP contribution is -2.45. The number of nitrogens with one attached hydrogen (secondary N) is 2. The van der Waals surface area contributed by atoms with E-state index >= 15 is 0 Å². The highest BCUT2D eigenvalue weighted by Crippen LogP contribution is 2.27. The average Bonchev–Trinajstić information content (AvgIpc) is 3.38. The number of benzene rings is 2. The van der Waals surface area contributed by atoms with Crippen LogP contribution in [0.25, 0.3) is 11.1 Å². The number of carboxylic acids is 1. The van der Waals surface area contributed by atoms with Crippen molar-refractivity contribution in [1.29, 1.82) is 0 Å². The number of hydrogen-bond acceptors (Lipinski definition) is 6. The van der Waals surface area contributed by atoms with E-state index in [1.165, 1.54) is 13.1 Å². The van der Waals surface area contributed by atoms with Crippen LogP contribution in [0.2, 0.25) is 0 Å². The second-order valence-electron chi connectivity index (χ2n) is 9.13. The van der Waals surface area contributed by atoms with Crippen molar-refractivity contribution >= 4 is 17.8 Å². The number of nitrogens with zero attached hydrogens (tertiary/aromatic N) is 2. The fourth-order valence-corrected chi connectivity index (χ4v) is 3.64. The predicted octanol–water partition coefficient (Wildman–Crippen LogP) is 3.49. The number of rotatable bonds is 11. The van der Waals surface area contributed by atoms with Crippen LogP contribution >= 0.6 is 0 Å². The maximum Gasteiger partial charge on any atom is 0.312 e. The molecule has 0 saturated carbocycles. The van der Waals surface area contributed by atoms with Gasteiger partial charge in [0.2, 0.25) is 0 Å². The number of carboxylic acid groups (broad SMARTS) is 1. The van der Waals surface area contributed by atoms with Crippen LogP contribution in [0.4, 0.5) is 0 Å². The molecule has 3 aromatic rings. The Morgan fingerprint density at radius 2 is 1.71 bits per heavy atom. The molecule has 0 aliphatic heterocycles. The van der Waals surface area contributed by atoms with Gasteiger partial charge >= 0.3 is 11.9 Å². The summed E-state index contributed by atoms with van der Waals surface area (Å²) in [5, 5.41) is 22.7. The number of aliphatic carboxylic acids is 1. The molecule has 184 valence electrons. The molecule has 0 saturated heterocycles. The van der Waals surface area contributed by atoms with E-state index in [2.05, 4.69) is 20.7 Å². The lowest BCUT2D eigenvalue weighted by Gasteiger charge is -2.30. The Kier molecular flexibility index (Phi) is 8.35. The second-order valence-corrected chi connectivity index (χ2v) is 9.13. The standard InChI is InChI=1S/C26H30N4O5/c1-17(2)24(32)35-16-26(3,25(33)34)14-21(28-23(31)22-15-27-30-29-22)13-18-9-11-20(12-10-18)19-7-5-4-6-8-19/h4-12,15,17,21H,13-14,16H2,1-3H3,(H,28,31)(H,33,34)(H,27,29,30). The van der Waals surface area contributed by atoms with Gasteiger partial charge in [0.05, 0.1) is 12.1 Å². The van der Waals surface area contributed by atoms with Crippen LogP contribution in [-0.2, 0) is 20.7 Å². The third-order valence-corrected chi connectivity index (χ3v) is 5.74. The summed E-state index contributed by atoms with van der Waals surface area (Å²) in [6.07, 6.45) is 1.71. The molecule has 0 spiro atoms. The van der Waals surface area contributed by atoms with Crippen molar-refractivity contribution in [2.75, 3.05) is 6.61 Å². The molecule has 9 heteroatoms. The van der Waals surface area contributed by atoms with E-state index in [-0.39, 0.29) is 24.6 Å². The highest BCUT2D eigenvalue weighted by Gasteiger charge is 2.38. The molecule has 9 nitrogen and oxygen atoms in total. The van der Waals surface area contributed by atoms with Gasteiger partial charge in [-0.25, -0.2) is 0 Å². The number of amides is 1. The van der Waals surface area contributed by atoms with Crippen LogP contribution < -0.4 is 5.32 Å². The Balaban J connectivity index is 1.80. The summed E-state index contributed by atoms with van der Waals surface area (Å²) in [5.41, 5.74) is 1.74. The Morgan fingerprint density at radius 1 is 1.06 bits per heavy atom. The zero-order valence-corrected chi connectivity index (χ0v) is 20.0. The molecule has 1 heterocycles. The SMILES string of the molecule is CC(C)C(=O)OCC(C)(CC(Cc1ccc(-c2ccccc2)cc1)NC(=O)c1cn[nH]n1)C(=O)O. The minimum Gasteiger partial charge on any atom is -0.481 e. The summed E-state index contributed by atoms with van der Waals surface area (Å²) in [6, 6.07) is 17.2. The molecule has 1 amide bonds. The molecule has 0 aliphatic rings. The fraction of sp³-hybridized carbons (Fsp3) is 0.346. The first kappa shape index (κ1) is 25.6. The molecule has 0 bridgehead atoms. The van der Waals surface area contributed by atoms with Gasteiger partial charge < -0.3 is 15.2 Å². The highest BCUT2D eigenvalue weighted by molar-refractivity contribution is 5.92. The van der Waals surface area contributed by atoms with Crippen LogP contribution in [0.5, 0.6) is 0 Å².